The zero-order chi connectivity index (χ0) is 10.6. The van der Waals surface area contributed by atoms with Gasteiger partial charge in [0.15, 0.2) is 0 Å². The number of hydrogen-bond donors (Lipinski definition) is 0. The van der Waals surface area contributed by atoms with Crippen LogP contribution in [0, 0.1) is 29.1 Å². The summed E-state index contributed by atoms with van der Waals surface area (Å²) < 4.78 is 5.03. The molecule has 3 unspecified atom stereocenters. The van der Waals surface area contributed by atoms with Crippen LogP contribution in [0.2, 0.25) is 0 Å². The molecule has 0 N–H and O–H groups in total. The Morgan fingerprint density at radius 1 is 1.20 bits per heavy atom. The minimum absolute atomic E-state index is 0.0717. The fourth-order valence-corrected chi connectivity index (χ4v) is 4.74. The predicted octanol–water partition coefficient (Wildman–Crippen LogP) is 2.62. The lowest BCUT2D eigenvalue weighted by atomic mass is 9.46. The Balaban J connectivity index is 1.92. The van der Waals surface area contributed by atoms with Crippen LogP contribution in [0.15, 0.2) is 0 Å². The van der Waals surface area contributed by atoms with Crippen LogP contribution in [-0.4, -0.2) is 13.1 Å². The third kappa shape index (κ3) is 1.20. The van der Waals surface area contributed by atoms with Gasteiger partial charge in [0.05, 0.1) is 12.5 Å². The summed E-state index contributed by atoms with van der Waals surface area (Å²) in [6.45, 7) is 2.39. The van der Waals surface area contributed by atoms with Gasteiger partial charge in [-0.25, -0.2) is 0 Å². The molecule has 0 amide bonds. The average molecular weight is 208 g/mol. The maximum absolute atomic E-state index is 11.9. The standard InChI is InChI=1S/C13H20O2/c1-8-10-3-9-4-11(8)7-13(5-9,6-10)12(14)15-2/h8-11H,3-7H2,1-2H3/t8?,9?,10-,11+,13?. The summed E-state index contributed by atoms with van der Waals surface area (Å²) in [5.41, 5.74) is -0.0717. The third-order valence-electron chi connectivity index (χ3n) is 5.36. The molecule has 5 atom stereocenters. The van der Waals surface area contributed by atoms with Gasteiger partial charge in [-0.3, -0.25) is 4.79 Å². The van der Waals surface area contributed by atoms with Crippen molar-refractivity contribution in [3.05, 3.63) is 0 Å². The Morgan fingerprint density at radius 2 is 1.80 bits per heavy atom. The van der Waals surface area contributed by atoms with E-state index < -0.39 is 0 Å². The first-order chi connectivity index (χ1) is 7.14. The number of carbonyl (C=O) groups excluding carboxylic acids is 1. The van der Waals surface area contributed by atoms with E-state index in [1.165, 1.54) is 12.8 Å². The molecule has 4 bridgehead atoms. The summed E-state index contributed by atoms with van der Waals surface area (Å²) in [6, 6.07) is 0. The molecular formula is C13H20O2. The van der Waals surface area contributed by atoms with E-state index in [2.05, 4.69) is 6.92 Å². The molecule has 0 heterocycles. The van der Waals surface area contributed by atoms with E-state index in [1.807, 2.05) is 0 Å². The second-order valence-electron chi connectivity index (χ2n) is 6.10. The lowest BCUT2D eigenvalue weighted by Crippen LogP contribution is -2.53. The van der Waals surface area contributed by atoms with Crippen LogP contribution in [0.1, 0.15) is 39.0 Å². The maximum Gasteiger partial charge on any atom is 0.311 e. The summed E-state index contributed by atoms with van der Waals surface area (Å²) in [5, 5.41) is 0. The van der Waals surface area contributed by atoms with Crippen LogP contribution in [0.5, 0.6) is 0 Å². The van der Waals surface area contributed by atoms with Crippen LogP contribution < -0.4 is 0 Å². The molecule has 0 aromatic carbocycles. The van der Waals surface area contributed by atoms with Gasteiger partial charge in [-0.2, -0.15) is 0 Å². The van der Waals surface area contributed by atoms with Crippen LogP contribution >= 0.6 is 0 Å². The fraction of sp³-hybridized carbons (Fsp3) is 0.923. The van der Waals surface area contributed by atoms with Crippen LogP contribution in [0.25, 0.3) is 0 Å². The molecule has 4 rings (SSSR count). The molecule has 84 valence electrons. The van der Waals surface area contributed by atoms with Crippen LogP contribution in [0.3, 0.4) is 0 Å². The highest BCUT2D eigenvalue weighted by Crippen LogP contribution is 2.62. The van der Waals surface area contributed by atoms with E-state index in [9.17, 15) is 4.79 Å². The maximum atomic E-state index is 11.9. The molecule has 4 aliphatic rings. The number of rotatable bonds is 1. The molecule has 0 radical (unpaired) electrons. The molecule has 4 fully saturated rings. The van der Waals surface area contributed by atoms with Crippen molar-refractivity contribution in [1.82, 2.24) is 0 Å². The summed E-state index contributed by atoms with van der Waals surface area (Å²) in [7, 11) is 1.55. The molecule has 4 aliphatic carbocycles. The topological polar surface area (TPSA) is 26.3 Å². The smallest absolute Gasteiger partial charge is 0.311 e. The van der Waals surface area contributed by atoms with E-state index in [1.54, 1.807) is 7.11 Å². The molecule has 15 heavy (non-hydrogen) atoms. The van der Waals surface area contributed by atoms with Crippen molar-refractivity contribution < 1.29 is 9.53 Å². The quantitative estimate of drug-likeness (QED) is 0.619. The normalized spacial score (nSPS) is 51.9. The first-order valence-corrected chi connectivity index (χ1v) is 6.23. The molecular weight excluding hydrogens is 188 g/mol. The summed E-state index contributed by atoms with van der Waals surface area (Å²) in [5.74, 6) is 3.34. The van der Waals surface area contributed by atoms with E-state index in [-0.39, 0.29) is 11.4 Å². The minimum atomic E-state index is -0.0717. The van der Waals surface area contributed by atoms with Crippen molar-refractivity contribution in [2.75, 3.05) is 7.11 Å². The van der Waals surface area contributed by atoms with Crippen LogP contribution in [-0.2, 0) is 9.53 Å². The van der Waals surface area contributed by atoms with Crippen molar-refractivity contribution in [2.45, 2.75) is 39.0 Å². The van der Waals surface area contributed by atoms with Gasteiger partial charge in [0, 0.05) is 0 Å². The van der Waals surface area contributed by atoms with Crippen LogP contribution in [0.4, 0.5) is 0 Å². The zero-order valence-corrected chi connectivity index (χ0v) is 9.66. The highest BCUT2D eigenvalue weighted by atomic mass is 16.5. The molecule has 2 heteroatoms. The monoisotopic (exact) mass is 208 g/mol. The largest absolute Gasteiger partial charge is 0.469 e. The Kier molecular flexibility index (Phi) is 1.93. The number of methoxy groups -OCH3 is 1. The Labute approximate surface area is 91.4 Å². The zero-order valence-electron chi connectivity index (χ0n) is 9.66. The number of hydrogen-bond acceptors (Lipinski definition) is 2. The van der Waals surface area contributed by atoms with Gasteiger partial charge in [-0.15, -0.1) is 0 Å². The number of ether oxygens (including phenoxy) is 1. The van der Waals surface area contributed by atoms with Crippen molar-refractivity contribution in [1.29, 1.82) is 0 Å². The van der Waals surface area contributed by atoms with Gasteiger partial charge >= 0.3 is 5.97 Å². The highest BCUT2D eigenvalue weighted by molar-refractivity contribution is 5.77. The fourth-order valence-electron chi connectivity index (χ4n) is 4.74. The van der Waals surface area contributed by atoms with E-state index in [0.717, 1.165) is 42.9 Å². The molecule has 0 saturated heterocycles. The van der Waals surface area contributed by atoms with Gasteiger partial charge in [0.1, 0.15) is 0 Å². The van der Waals surface area contributed by atoms with Gasteiger partial charge in [0.2, 0.25) is 0 Å². The SMILES string of the molecule is COC(=O)C12CC3C[C@H](C1)C(C)[C@@H](C3)C2. The van der Waals surface area contributed by atoms with Gasteiger partial charge in [0.25, 0.3) is 0 Å². The van der Waals surface area contributed by atoms with E-state index >= 15 is 0 Å². The Hall–Kier alpha value is -0.530. The molecule has 0 aromatic rings. The van der Waals surface area contributed by atoms with Crippen molar-refractivity contribution in [3.8, 4) is 0 Å². The Bertz CT molecular complexity index is 281. The summed E-state index contributed by atoms with van der Waals surface area (Å²) in [6.07, 6.45) is 6.06. The van der Waals surface area contributed by atoms with Crippen molar-refractivity contribution in [2.24, 2.45) is 29.1 Å². The molecule has 0 aliphatic heterocycles. The number of carbonyl (C=O) groups is 1. The number of esters is 1. The second kappa shape index (κ2) is 2.99. The average Bonchev–Trinajstić information content (AvgIpc) is 2.23. The lowest BCUT2D eigenvalue weighted by molar-refractivity contribution is -0.173. The molecule has 0 spiro atoms. The summed E-state index contributed by atoms with van der Waals surface area (Å²) >= 11 is 0. The predicted molar refractivity (Wildman–Crippen MR) is 57.2 cm³/mol. The molecule has 0 aromatic heterocycles. The van der Waals surface area contributed by atoms with Gasteiger partial charge in [-0.05, 0) is 55.8 Å². The minimum Gasteiger partial charge on any atom is -0.469 e. The second-order valence-corrected chi connectivity index (χ2v) is 6.10. The third-order valence-corrected chi connectivity index (χ3v) is 5.36. The van der Waals surface area contributed by atoms with Crippen molar-refractivity contribution in [3.63, 3.8) is 0 Å². The summed E-state index contributed by atoms with van der Waals surface area (Å²) in [4.78, 5) is 11.9. The lowest BCUT2D eigenvalue weighted by Gasteiger charge is -2.58. The molecule has 4 saturated carbocycles. The van der Waals surface area contributed by atoms with Gasteiger partial charge in [-0.1, -0.05) is 6.92 Å². The first-order valence-electron chi connectivity index (χ1n) is 6.23. The van der Waals surface area contributed by atoms with E-state index in [0.29, 0.717) is 0 Å². The van der Waals surface area contributed by atoms with Gasteiger partial charge < -0.3 is 4.74 Å². The Morgan fingerprint density at radius 3 is 2.33 bits per heavy atom. The van der Waals surface area contributed by atoms with E-state index in [4.69, 9.17) is 4.74 Å². The molecule has 2 nitrogen and oxygen atoms in total. The van der Waals surface area contributed by atoms with Crippen molar-refractivity contribution >= 4 is 5.97 Å². The first kappa shape index (κ1) is 9.68. The highest BCUT2D eigenvalue weighted by Gasteiger charge is 2.57.